The van der Waals surface area contributed by atoms with Gasteiger partial charge in [-0.2, -0.15) is 12.7 Å². The van der Waals surface area contributed by atoms with E-state index in [1.54, 1.807) is 30.6 Å². The molecule has 0 unspecified atom stereocenters. The van der Waals surface area contributed by atoms with E-state index in [4.69, 9.17) is 14.5 Å². The van der Waals surface area contributed by atoms with E-state index in [2.05, 4.69) is 9.88 Å². The number of halogens is 1. The highest BCUT2D eigenvalue weighted by atomic mass is 32.2. The van der Waals surface area contributed by atoms with Crippen LogP contribution in [0.15, 0.2) is 77.9 Å². The van der Waals surface area contributed by atoms with Crippen molar-refractivity contribution in [2.45, 2.75) is 13.0 Å². The molecule has 7 rings (SSSR count). The number of benzene rings is 2. The molecule has 0 bridgehead atoms. The Bertz CT molecular complexity index is 2050. The van der Waals surface area contributed by atoms with E-state index in [1.807, 2.05) is 30.3 Å². The highest BCUT2D eigenvalue weighted by molar-refractivity contribution is 7.90. The van der Waals surface area contributed by atoms with Gasteiger partial charge in [0.25, 0.3) is 0 Å². The maximum Gasteiger partial charge on any atom is 0.304 e. The average molecular weight is 663 g/mol. The molecule has 11 nitrogen and oxygen atoms in total. The molecule has 0 spiro atoms. The maximum atomic E-state index is 14.4. The van der Waals surface area contributed by atoms with Gasteiger partial charge in [-0.3, -0.25) is 13.5 Å². The summed E-state index contributed by atoms with van der Waals surface area (Å²) in [5.41, 5.74) is 2.67. The predicted molar refractivity (Wildman–Crippen MR) is 174 cm³/mol. The summed E-state index contributed by atoms with van der Waals surface area (Å²) in [5.74, 6) is -0.302. The third kappa shape index (κ3) is 5.84. The Morgan fingerprint density at radius 1 is 1.00 bits per heavy atom. The zero-order chi connectivity index (χ0) is 31.8. The van der Waals surface area contributed by atoms with Gasteiger partial charge in [-0.05, 0) is 29.3 Å². The highest BCUT2D eigenvalue weighted by Gasteiger charge is 2.36. The van der Waals surface area contributed by atoms with Gasteiger partial charge in [-0.15, -0.1) is 11.3 Å². The van der Waals surface area contributed by atoms with Gasteiger partial charge < -0.3 is 14.4 Å². The molecule has 238 valence electrons. The van der Waals surface area contributed by atoms with Crippen LogP contribution in [0.1, 0.15) is 16.0 Å². The van der Waals surface area contributed by atoms with E-state index in [1.165, 1.54) is 43.5 Å². The van der Waals surface area contributed by atoms with Crippen molar-refractivity contribution in [3.05, 3.63) is 105 Å². The van der Waals surface area contributed by atoms with Gasteiger partial charge >= 0.3 is 15.8 Å². The minimum atomic E-state index is -3.84. The predicted octanol–water partition coefficient (Wildman–Crippen LogP) is 3.96. The Hall–Kier alpha value is -4.37. The first-order valence-electron chi connectivity index (χ1n) is 14.8. The second-order valence-corrected chi connectivity index (χ2v) is 14.2. The van der Waals surface area contributed by atoms with Gasteiger partial charge in [0.05, 0.1) is 24.6 Å². The van der Waals surface area contributed by atoms with Crippen molar-refractivity contribution in [2.75, 3.05) is 55.6 Å². The van der Waals surface area contributed by atoms with E-state index < -0.39 is 15.8 Å². The van der Waals surface area contributed by atoms with Crippen LogP contribution in [-0.2, 0) is 28.0 Å². The first kappa shape index (κ1) is 30.3. The van der Waals surface area contributed by atoms with Crippen molar-refractivity contribution in [2.24, 2.45) is 0 Å². The zero-order valence-corrected chi connectivity index (χ0v) is 26.6. The Labute approximate surface area is 269 Å². The summed E-state index contributed by atoms with van der Waals surface area (Å²) < 4.78 is 56.1. The molecular formula is C32H31FN6O5S2. The fraction of sp³-hybridized carbons (Fsp3) is 0.281. The van der Waals surface area contributed by atoms with E-state index in [0.29, 0.717) is 55.7 Å². The number of ether oxygens (including phenoxy) is 2. The van der Waals surface area contributed by atoms with Crippen molar-refractivity contribution in [1.82, 2.24) is 18.7 Å². The van der Waals surface area contributed by atoms with Gasteiger partial charge in [-0.1, -0.05) is 42.5 Å². The molecule has 0 radical (unpaired) electrons. The molecule has 2 fully saturated rings. The third-order valence-corrected chi connectivity index (χ3v) is 11.0. The molecule has 0 aliphatic carbocycles. The van der Waals surface area contributed by atoms with Crippen LogP contribution in [0.2, 0.25) is 0 Å². The lowest BCUT2D eigenvalue weighted by molar-refractivity contribution is 0.122. The van der Waals surface area contributed by atoms with Crippen LogP contribution in [0.3, 0.4) is 0 Å². The van der Waals surface area contributed by atoms with Crippen LogP contribution in [0.5, 0.6) is 5.75 Å². The average Bonchev–Trinajstić information content (AvgIpc) is 3.64. The number of thiazole rings is 1. The Balaban J connectivity index is 1.40. The van der Waals surface area contributed by atoms with Crippen LogP contribution in [-0.4, -0.2) is 73.5 Å². The fourth-order valence-corrected chi connectivity index (χ4v) is 7.83. The number of hydrogen-bond acceptors (Lipinski definition) is 9. The standard InChI is InChI=1S/C32H31FN6O5S2/c1-36-11-12-39(46(36,41)42)27-18-25(37-13-15-43-16-14-37)20-38-30(27)35-28(29(32(38)40)44-21-23-5-3-2-4-6-23)31-34-19-26(45-31)17-22-7-9-24(33)10-8-22/h2-10,18-20H,11-17,21H2,1H3. The minimum absolute atomic E-state index is 0.00973. The van der Waals surface area contributed by atoms with Crippen molar-refractivity contribution in [1.29, 1.82) is 0 Å². The number of morpholine rings is 1. The van der Waals surface area contributed by atoms with E-state index in [9.17, 15) is 17.6 Å². The summed E-state index contributed by atoms with van der Waals surface area (Å²) in [6.45, 7) is 2.82. The smallest absolute Gasteiger partial charge is 0.304 e. The Morgan fingerprint density at radius 2 is 1.76 bits per heavy atom. The van der Waals surface area contributed by atoms with E-state index >= 15 is 0 Å². The van der Waals surface area contributed by atoms with Crippen LogP contribution in [0, 0.1) is 5.82 Å². The summed E-state index contributed by atoms with van der Waals surface area (Å²) >= 11 is 1.34. The third-order valence-electron chi connectivity index (χ3n) is 8.06. The van der Waals surface area contributed by atoms with Gasteiger partial charge in [0.1, 0.15) is 23.1 Å². The highest BCUT2D eigenvalue weighted by Crippen LogP contribution is 2.36. The number of fused-ring (bicyclic) bond motifs is 1. The van der Waals surface area contributed by atoms with Gasteiger partial charge in [0, 0.05) is 56.9 Å². The van der Waals surface area contributed by atoms with Crippen molar-refractivity contribution < 1.29 is 22.3 Å². The maximum absolute atomic E-state index is 14.4. The Kier molecular flexibility index (Phi) is 8.19. The Morgan fingerprint density at radius 3 is 2.48 bits per heavy atom. The SMILES string of the molecule is CN1CCN(c2cc(N3CCOCC3)cn3c(=O)c(OCc4ccccc4)c(-c4ncc(Cc5ccc(F)cc5)s4)nc23)S1(=O)=O. The number of anilines is 2. The fourth-order valence-electron chi connectivity index (χ4n) is 5.55. The van der Waals surface area contributed by atoms with Gasteiger partial charge in [-0.25, -0.2) is 14.4 Å². The summed E-state index contributed by atoms with van der Waals surface area (Å²) in [6.07, 6.45) is 3.90. The number of likely N-dealkylation sites (N-methyl/N-ethyl adjacent to an activating group) is 1. The summed E-state index contributed by atoms with van der Waals surface area (Å²) in [6, 6.07) is 17.5. The molecular weight excluding hydrogens is 632 g/mol. The normalized spacial score (nSPS) is 16.7. The second kappa shape index (κ2) is 12.4. The molecule has 5 heterocycles. The second-order valence-electron chi connectivity index (χ2n) is 11.1. The largest absolute Gasteiger partial charge is 0.481 e. The molecule has 14 heteroatoms. The van der Waals surface area contributed by atoms with Crippen molar-refractivity contribution >= 4 is 38.6 Å². The molecule has 2 saturated heterocycles. The molecule has 46 heavy (non-hydrogen) atoms. The lowest BCUT2D eigenvalue weighted by Gasteiger charge is -2.30. The first-order chi connectivity index (χ1) is 22.3. The molecule has 2 aliphatic rings. The zero-order valence-electron chi connectivity index (χ0n) is 25.0. The number of rotatable bonds is 8. The van der Waals surface area contributed by atoms with E-state index in [-0.39, 0.29) is 36.1 Å². The lowest BCUT2D eigenvalue weighted by atomic mass is 10.1. The van der Waals surface area contributed by atoms with Crippen LogP contribution >= 0.6 is 11.3 Å². The van der Waals surface area contributed by atoms with Crippen LogP contribution < -0.4 is 19.5 Å². The summed E-state index contributed by atoms with van der Waals surface area (Å²) in [7, 11) is -2.31. The molecule has 0 amide bonds. The quantitative estimate of drug-likeness (QED) is 0.246. The van der Waals surface area contributed by atoms with Crippen molar-refractivity contribution in [3.63, 3.8) is 0 Å². The number of pyridine rings is 1. The van der Waals surface area contributed by atoms with Gasteiger partial charge in [0.15, 0.2) is 5.65 Å². The summed E-state index contributed by atoms with van der Waals surface area (Å²) in [4.78, 5) is 26.9. The molecule has 0 N–H and O–H groups in total. The number of aromatic nitrogens is 3. The van der Waals surface area contributed by atoms with Crippen LogP contribution in [0.4, 0.5) is 15.8 Å². The molecule has 2 aromatic carbocycles. The minimum Gasteiger partial charge on any atom is -0.481 e. The summed E-state index contributed by atoms with van der Waals surface area (Å²) in [5, 5.41) is 0.448. The topological polar surface area (TPSA) is 110 Å². The molecule has 0 saturated carbocycles. The molecule has 5 aromatic rings. The van der Waals surface area contributed by atoms with Crippen molar-refractivity contribution in [3.8, 4) is 16.5 Å². The van der Waals surface area contributed by atoms with Crippen LogP contribution in [0.25, 0.3) is 16.3 Å². The lowest BCUT2D eigenvalue weighted by Crippen LogP contribution is -2.37. The molecule has 0 atom stereocenters. The molecule has 3 aromatic heterocycles. The van der Waals surface area contributed by atoms with E-state index in [0.717, 1.165) is 16.0 Å². The monoisotopic (exact) mass is 662 g/mol. The molecule has 2 aliphatic heterocycles. The number of hydrogen-bond donors (Lipinski definition) is 0. The van der Waals surface area contributed by atoms with Gasteiger partial charge in [0.2, 0.25) is 5.75 Å². The first-order valence-corrected chi connectivity index (χ1v) is 17.0. The number of nitrogens with zero attached hydrogens (tertiary/aromatic N) is 6.